The fourth-order valence-electron chi connectivity index (χ4n) is 3.65. The maximum Gasteiger partial charge on any atom is 0.253 e. The van der Waals surface area contributed by atoms with Crippen LogP contribution in [-0.2, 0) is 13.0 Å². The van der Waals surface area contributed by atoms with Gasteiger partial charge in [-0.05, 0) is 50.1 Å². The summed E-state index contributed by atoms with van der Waals surface area (Å²) in [6.45, 7) is 7.40. The summed E-state index contributed by atoms with van der Waals surface area (Å²) < 4.78 is 7.69. The zero-order valence-electron chi connectivity index (χ0n) is 18.7. The molecule has 0 aliphatic heterocycles. The second-order valence-corrected chi connectivity index (χ2v) is 8.59. The maximum absolute atomic E-state index is 12.9. The van der Waals surface area contributed by atoms with Crippen molar-refractivity contribution in [2.24, 2.45) is 0 Å². The lowest BCUT2D eigenvalue weighted by Crippen LogP contribution is -2.24. The van der Waals surface area contributed by atoms with Crippen LogP contribution in [0.2, 0.25) is 0 Å². The summed E-state index contributed by atoms with van der Waals surface area (Å²) in [4.78, 5) is 22.2. The van der Waals surface area contributed by atoms with E-state index in [0.29, 0.717) is 18.7 Å². The Bertz CT molecular complexity index is 1190. The van der Waals surface area contributed by atoms with Crippen molar-refractivity contribution in [3.8, 4) is 22.0 Å². The Morgan fingerprint density at radius 1 is 1.25 bits per heavy atom. The number of aromatic nitrogens is 3. The average Bonchev–Trinajstić information content (AvgIpc) is 3.56. The molecule has 166 valence electrons. The molecule has 0 saturated heterocycles. The molecular formula is C25H28N4O2S. The van der Waals surface area contributed by atoms with Gasteiger partial charge < -0.3 is 14.3 Å². The van der Waals surface area contributed by atoms with Crippen molar-refractivity contribution in [2.75, 3.05) is 6.54 Å². The first-order valence-corrected chi connectivity index (χ1v) is 11.9. The van der Waals surface area contributed by atoms with Gasteiger partial charge in [0.2, 0.25) is 0 Å². The Labute approximate surface area is 192 Å². The second kappa shape index (κ2) is 9.96. The maximum atomic E-state index is 12.9. The van der Waals surface area contributed by atoms with E-state index in [-0.39, 0.29) is 5.91 Å². The van der Waals surface area contributed by atoms with Crippen LogP contribution in [0.15, 0.2) is 52.6 Å². The molecule has 4 heterocycles. The lowest BCUT2D eigenvalue weighted by atomic mass is 10.2. The van der Waals surface area contributed by atoms with E-state index >= 15 is 0 Å². The number of hydrogen-bond acceptors (Lipinski definition) is 5. The Hall–Kier alpha value is -3.19. The Morgan fingerprint density at radius 3 is 2.88 bits per heavy atom. The molecule has 6 nitrogen and oxygen atoms in total. The van der Waals surface area contributed by atoms with Crippen LogP contribution >= 0.6 is 11.3 Å². The van der Waals surface area contributed by atoms with Gasteiger partial charge in [-0.25, -0.2) is 4.98 Å². The molecule has 0 unspecified atom stereocenters. The highest BCUT2D eigenvalue weighted by Crippen LogP contribution is 2.32. The van der Waals surface area contributed by atoms with Crippen molar-refractivity contribution >= 4 is 17.2 Å². The number of carbonyl (C=O) groups excluding carboxylic acids is 1. The van der Waals surface area contributed by atoms with Gasteiger partial charge in [-0.1, -0.05) is 20.3 Å². The normalized spacial score (nSPS) is 11.1. The van der Waals surface area contributed by atoms with Gasteiger partial charge in [0.05, 0.1) is 29.8 Å². The molecule has 32 heavy (non-hydrogen) atoms. The SMILES string of the molecule is CCCCNC(=O)c1cc(-c2csc(-c3ccnc(CC)c3)n2)n(Cc2ccco2)c1C. The van der Waals surface area contributed by atoms with E-state index in [2.05, 4.69) is 34.8 Å². The molecule has 0 aliphatic carbocycles. The Kier molecular flexibility index (Phi) is 6.85. The van der Waals surface area contributed by atoms with Gasteiger partial charge >= 0.3 is 0 Å². The largest absolute Gasteiger partial charge is 0.467 e. The zero-order chi connectivity index (χ0) is 22.5. The van der Waals surface area contributed by atoms with Crippen LogP contribution in [0.25, 0.3) is 22.0 Å². The first-order valence-electron chi connectivity index (χ1n) is 11.0. The third kappa shape index (κ3) is 4.67. The van der Waals surface area contributed by atoms with Crippen molar-refractivity contribution < 1.29 is 9.21 Å². The molecule has 1 N–H and O–H groups in total. The standard InChI is InChI=1S/C25H28N4O2S/c1-4-6-10-27-24(30)21-14-23(29(17(21)3)15-20-8-7-12-31-20)22-16-32-25(28-22)18-9-11-26-19(5-2)13-18/h7-9,11-14,16H,4-6,10,15H2,1-3H3,(H,27,30). The molecule has 4 aromatic heterocycles. The van der Waals surface area contributed by atoms with E-state index in [1.807, 2.05) is 42.8 Å². The predicted octanol–water partition coefficient (Wildman–Crippen LogP) is 5.72. The number of carbonyl (C=O) groups is 1. The summed E-state index contributed by atoms with van der Waals surface area (Å²) >= 11 is 1.60. The molecule has 0 saturated carbocycles. The number of aryl methyl sites for hydroxylation is 1. The number of rotatable bonds is 9. The van der Waals surface area contributed by atoms with Gasteiger partial charge in [0.25, 0.3) is 5.91 Å². The molecule has 0 fully saturated rings. The third-order valence-corrected chi connectivity index (χ3v) is 6.40. The summed E-state index contributed by atoms with van der Waals surface area (Å²) in [6.07, 6.45) is 6.39. The van der Waals surface area contributed by atoms with Crippen LogP contribution < -0.4 is 5.32 Å². The predicted molar refractivity (Wildman–Crippen MR) is 128 cm³/mol. The highest BCUT2D eigenvalue weighted by molar-refractivity contribution is 7.13. The Balaban J connectivity index is 1.71. The van der Waals surface area contributed by atoms with Crippen LogP contribution in [0.4, 0.5) is 0 Å². The van der Waals surface area contributed by atoms with E-state index in [1.165, 1.54) is 0 Å². The van der Waals surface area contributed by atoms with E-state index in [4.69, 9.17) is 9.40 Å². The summed E-state index contributed by atoms with van der Waals surface area (Å²) in [5.74, 6) is 0.785. The average molecular weight is 449 g/mol. The highest BCUT2D eigenvalue weighted by atomic mass is 32.1. The van der Waals surface area contributed by atoms with Crippen LogP contribution in [0.5, 0.6) is 0 Å². The van der Waals surface area contributed by atoms with E-state index in [1.54, 1.807) is 17.6 Å². The number of amides is 1. The minimum atomic E-state index is -0.0485. The third-order valence-electron chi connectivity index (χ3n) is 5.51. The van der Waals surface area contributed by atoms with Gasteiger partial charge in [-0.15, -0.1) is 11.3 Å². The monoisotopic (exact) mass is 448 g/mol. The van der Waals surface area contributed by atoms with Crippen LogP contribution in [-0.4, -0.2) is 27.0 Å². The van der Waals surface area contributed by atoms with Crippen molar-refractivity contribution in [2.45, 2.75) is 46.6 Å². The molecule has 4 aromatic rings. The minimum Gasteiger partial charge on any atom is -0.467 e. The molecular weight excluding hydrogens is 420 g/mol. The van der Waals surface area contributed by atoms with E-state index in [9.17, 15) is 4.79 Å². The van der Waals surface area contributed by atoms with Gasteiger partial charge in [0, 0.05) is 35.1 Å². The molecule has 0 spiro atoms. The van der Waals surface area contributed by atoms with Gasteiger partial charge in [0.15, 0.2) is 0 Å². The number of unbranched alkanes of at least 4 members (excludes halogenated alkanes) is 1. The summed E-state index contributed by atoms with van der Waals surface area (Å²) in [5.41, 5.74) is 5.44. The van der Waals surface area contributed by atoms with Gasteiger partial charge in [-0.2, -0.15) is 0 Å². The van der Waals surface area contributed by atoms with Crippen molar-refractivity contribution in [3.63, 3.8) is 0 Å². The lowest BCUT2D eigenvalue weighted by molar-refractivity contribution is 0.0952. The summed E-state index contributed by atoms with van der Waals surface area (Å²) in [6, 6.07) is 9.84. The smallest absolute Gasteiger partial charge is 0.253 e. The quantitative estimate of drug-likeness (QED) is 0.333. The number of furan rings is 1. The van der Waals surface area contributed by atoms with Gasteiger partial charge in [-0.3, -0.25) is 9.78 Å². The number of pyridine rings is 1. The van der Waals surface area contributed by atoms with Crippen LogP contribution in [0.1, 0.15) is 54.2 Å². The number of nitrogens with zero attached hydrogens (tertiary/aromatic N) is 3. The van der Waals surface area contributed by atoms with E-state index in [0.717, 1.165) is 58.4 Å². The minimum absolute atomic E-state index is 0.0485. The highest BCUT2D eigenvalue weighted by Gasteiger charge is 2.21. The van der Waals surface area contributed by atoms with Crippen molar-refractivity contribution in [3.05, 3.63) is 70.9 Å². The second-order valence-electron chi connectivity index (χ2n) is 7.73. The lowest BCUT2D eigenvalue weighted by Gasteiger charge is -2.09. The summed E-state index contributed by atoms with van der Waals surface area (Å²) in [5, 5.41) is 6.02. The van der Waals surface area contributed by atoms with Crippen LogP contribution in [0.3, 0.4) is 0 Å². The number of nitrogens with one attached hydrogen (secondary N) is 1. The molecule has 0 radical (unpaired) electrons. The molecule has 0 aliphatic rings. The fourth-order valence-corrected chi connectivity index (χ4v) is 4.46. The molecule has 0 bridgehead atoms. The number of thiazole rings is 1. The first kappa shape index (κ1) is 22.0. The first-order chi connectivity index (χ1) is 15.6. The molecule has 0 aromatic carbocycles. The molecule has 1 amide bonds. The topological polar surface area (TPSA) is 73.0 Å². The van der Waals surface area contributed by atoms with Crippen LogP contribution in [0, 0.1) is 6.92 Å². The fraction of sp³-hybridized carbons (Fsp3) is 0.320. The molecule has 0 atom stereocenters. The van der Waals surface area contributed by atoms with E-state index < -0.39 is 0 Å². The zero-order valence-corrected chi connectivity index (χ0v) is 19.5. The Morgan fingerprint density at radius 2 is 2.12 bits per heavy atom. The number of hydrogen-bond donors (Lipinski definition) is 1. The van der Waals surface area contributed by atoms with Crippen molar-refractivity contribution in [1.29, 1.82) is 0 Å². The molecule has 4 rings (SSSR count). The molecule has 7 heteroatoms. The summed E-state index contributed by atoms with van der Waals surface area (Å²) in [7, 11) is 0. The van der Waals surface area contributed by atoms with Gasteiger partial charge in [0.1, 0.15) is 10.8 Å². The van der Waals surface area contributed by atoms with Crippen molar-refractivity contribution in [1.82, 2.24) is 19.9 Å².